The van der Waals surface area contributed by atoms with Crippen molar-refractivity contribution in [2.75, 3.05) is 10.6 Å². The largest absolute Gasteiger partial charge is 0.400 e. The van der Waals surface area contributed by atoms with E-state index in [1.807, 2.05) is 18.2 Å². The molecule has 1 heterocycles. The molecule has 10 heteroatoms. The van der Waals surface area contributed by atoms with Gasteiger partial charge < -0.3 is 16.4 Å². The van der Waals surface area contributed by atoms with E-state index < -0.39 is 17.1 Å². The first-order valence-electron chi connectivity index (χ1n) is 9.94. The van der Waals surface area contributed by atoms with E-state index in [9.17, 15) is 9.59 Å². The van der Waals surface area contributed by atoms with Crippen molar-refractivity contribution >= 4 is 80.5 Å². The van der Waals surface area contributed by atoms with E-state index in [0.29, 0.717) is 37.2 Å². The molecule has 0 unspecified atom stereocenters. The maximum Gasteiger partial charge on any atom is 0.260 e. The summed E-state index contributed by atoms with van der Waals surface area (Å²) in [6, 6.07) is 20.4. The molecule has 6 nitrogen and oxygen atoms in total. The van der Waals surface area contributed by atoms with Gasteiger partial charge in [-0.2, -0.15) is 0 Å². The average molecular weight is 532 g/mol. The lowest BCUT2D eigenvalue weighted by Crippen LogP contribution is -2.29. The molecular formula is C24H17Cl3N4O2S. The lowest BCUT2D eigenvalue weighted by atomic mass is 10.1. The second kappa shape index (κ2) is 10.5. The number of carbonyl (C=O) groups is 2. The molecule has 1 aliphatic heterocycles. The molecule has 0 radical (unpaired) electrons. The molecule has 1 atom stereocenters. The van der Waals surface area contributed by atoms with E-state index in [4.69, 9.17) is 40.5 Å². The van der Waals surface area contributed by atoms with Crippen molar-refractivity contribution in [3.63, 3.8) is 0 Å². The van der Waals surface area contributed by atoms with Crippen molar-refractivity contribution in [3.8, 4) is 0 Å². The Balaban J connectivity index is 1.65. The smallest absolute Gasteiger partial charge is 0.260 e. The number of benzene rings is 3. The molecule has 4 N–H and O–H groups in total. The minimum absolute atomic E-state index is 0.0942. The normalized spacial score (nSPS) is 16.6. The Kier molecular flexibility index (Phi) is 7.48. The highest BCUT2D eigenvalue weighted by Gasteiger charge is 2.38. The number of rotatable bonds is 5. The van der Waals surface area contributed by atoms with Gasteiger partial charge in [-0.25, -0.2) is 4.99 Å². The molecule has 4 rings (SSSR count). The maximum absolute atomic E-state index is 13.2. The molecule has 0 saturated heterocycles. The van der Waals surface area contributed by atoms with Crippen LogP contribution in [0.25, 0.3) is 0 Å². The maximum atomic E-state index is 13.2. The fraction of sp³-hybridized carbons (Fsp3) is 0.0417. The summed E-state index contributed by atoms with van der Waals surface area (Å²) in [6.07, 6.45) is 0. The molecule has 0 fully saturated rings. The molecular weight excluding hydrogens is 515 g/mol. The lowest BCUT2D eigenvalue weighted by Gasteiger charge is -2.12. The molecule has 3 aromatic rings. The summed E-state index contributed by atoms with van der Waals surface area (Å²) < 4.78 is 0. The molecule has 0 aromatic heterocycles. The van der Waals surface area contributed by atoms with Crippen molar-refractivity contribution in [3.05, 3.63) is 99.1 Å². The predicted octanol–water partition coefficient (Wildman–Crippen LogP) is 6.28. The first-order chi connectivity index (χ1) is 16.3. The quantitative estimate of drug-likeness (QED) is 0.361. The molecule has 0 aliphatic carbocycles. The van der Waals surface area contributed by atoms with Gasteiger partial charge in [0.25, 0.3) is 5.91 Å². The van der Waals surface area contributed by atoms with Gasteiger partial charge in [-0.15, -0.1) is 0 Å². The first-order valence-corrected chi connectivity index (χ1v) is 12.0. The van der Waals surface area contributed by atoms with Gasteiger partial charge in [-0.1, -0.05) is 64.8 Å². The van der Waals surface area contributed by atoms with Crippen LogP contribution in [0, 0.1) is 0 Å². The van der Waals surface area contributed by atoms with Crippen molar-refractivity contribution in [1.82, 2.24) is 0 Å². The molecule has 0 bridgehead atoms. The van der Waals surface area contributed by atoms with Gasteiger partial charge in [0, 0.05) is 32.1 Å². The Morgan fingerprint density at radius 2 is 1.47 bits per heavy atom. The topological polar surface area (TPSA) is 96.6 Å². The lowest BCUT2D eigenvalue weighted by molar-refractivity contribution is -0.115. The highest BCUT2D eigenvalue weighted by molar-refractivity contribution is 8.16. The summed E-state index contributed by atoms with van der Waals surface area (Å²) in [6.45, 7) is 0. The Hall–Kier alpha value is -2.97. The minimum Gasteiger partial charge on any atom is -0.400 e. The zero-order chi connectivity index (χ0) is 24.2. The van der Waals surface area contributed by atoms with Gasteiger partial charge in [-0.05, 0) is 54.6 Å². The third kappa shape index (κ3) is 5.74. The van der Waals surface area contributed by atoms with Crippen LogP contribution >= 0.6 is 46.6 Å². The zero-order valence-corrected chi connectivity index (χ0v) is 20.5. The number of carbonyl (C=O) groups excluding carboxylic acids is 2. The third-order valence-corrected chi connectivity index (χ3v) is 6.61. The molecule has 2 amide bonds. The second-order valence-corrected chi connectivity index (χ2v) is 9.59. The molecule has 172 valence electrons. The highest BCUT2D eigenvalue weighted by atomic mass is 35.5. The van der Waals surface area contributed by atoms with Crippen molar-refractivity contribution in [1.29, 1.82) is 0 Å². The number of thioether (sulfide) groups is 1. The predicted molar refractivity (Wildman–Crippen MR) is 141 cm³/mol. The Morgan fingerprint density at radius 1 is 0.824 bits per heavy atom. The molecule has 0 spiro atoms. The average Bonchev–Trinajstić information content (AvgIpc) is 3.11. The van der Waals surface area contributed by atoms with E-state index in [2.05, 4.69) is 15.6 Å². The fourth-order valence-corrected chi connectivity index (χ4v) is 4.95. The summed E-state index contributed by atoms with van der Waals surface area (Å²) in [5.41, 5.74) is 8.13. The van der Waals surface area contributed by atoms with Gasteiger partial charge in [0.2, 0.25) is 5.91 Å². The van der Waals surface area contributed by atoms with Gasteiger partial charge in [0.15, 0.2) is 0 Å². The van der Waals surface area contributed by atoms with Crippen molar-refractivity contribution in [2.24, 2.45) is 10.7 Å². The number of hydrogen-bond acceptors (Lipinski definition) is 5. The number of aliphatic imine (C=N–C) groups is 1. The Morgan fingerprint density at radius 3 is 2.12 bits per heavy atom. The molecule has 1 aliphatic rings. The molecule has 3 aromatic carbocycles. The van der Waals surface area contributed by atoms with Crippen LogP contribution in [0.5, 0.6) is 0 Å². The van der Waals surface area contributed by atoms with E-state index in [-0.39, 0.29) is 11.3 Å². The van der Waals surface area contributed by atoms with Crippen LogP contribution in [0.4, 0.5) is 17.1 Å². The van der Waals surface area contributed by atoms with Crippen LogP contribution in [0.1, 0.15) is 0 Å². The first kappa shape index (κ1) is 24.2. The molecule has 0 saturated carbocycles. The van der Waals surface area contributed by atoms with Gasteiger partial charge in [0.05, 0.1) is 11.3 Å². The summed E-state index contributed by atoms with van der Waals surface area (Å²) >= 11 is 19.1. The van der Waals surface area contributed by atoms with Gasteiger partial charge in [0.1, 0.15) is 10.3 Å². The monoisotopic (exact) mass is 530 g/mol. The Bertz CT molecular complexity index is 1290. The molecule has 34 heavy (non-hydrogen) atoms. The summed E-state index contributed by atoms with van der Waals surface area (Å²) in [5, 5.41) is 6.28. The van der Waals surface area contributed by atoms with Crippen molar-refractivity contribution in [2.45, 2.75) is 5.25 Å². The number of amides is 2. The number of hydrogen-bond donors (Lipinski definition) is 3. The highest BCUT2D eigenvalue weighted by Crippen LogP contribution is 2.36. The number of nitrogens with two attached hydrogens (primary N) is 1. The summed E-state index contributed by atoms with van der Waals surface area (Å²) in [5.74, 6) is -0.918. The third-order valence-electron chi connectivity index (χ3n) is 4.70. The second-order valence-electron chi connectivity index (χ2n) is 7.19. The summed E-state index contributed by atoms with van der Waals surface area (Å²) in [4.78, 5) is 30.8. The van der Waals surface area contributed by atoms with E-state index in [1.165, 1.54) is 0 Å². The van der Waals surface area contributed by atoms with Gasteiger partial charge >= 0.3 is 0 Å². The zero-order valence-electron chi connectivity index (χ0n) is 17.4. The number of anilines is 2. The van der Waals surface area contributed by atoms with Crippen molar-refractivity contribution < 1.29 is 9.59 Å². The van der Waals surface area contributed by atoms with Crippen LogP contribution in [-0.4, -0.2) is 22.1 Å². The van der Waals surface area contributed by atoms with E-state index in [0.717, 1.165) is 11.8 Å². The fourth-order valence-electron chi connectivity index (χ4n) is 3.17. The van der Waals surface area contributed by atoms with Crippen LogP contribution < -0.4 is 16.4 Å². The standard InChI is InChI=1S/C24H17Cl3N4O2S/c25-13-6-8-17(9-7-13)29-22(32)19-20(28)21(34-24(19)31-16-4-2-1-3-5-16)23(33)30-18-11-14(26)10-15(27)12-18/h1-12,21H,28H2,(H,29,32)(H,30,33)/t21-/m0/s1. The van der Waals surface area contributed by atoms with Crippen LogP contribution in [-0.2, 0) is 9.59 Å². The van der Waals surface area contributed by atoms with Crippen LogP contribution in [0.2, 0.25) is 15.1 Å². The van der Waals surface area contributed by atoms with E-state index in [1.54, 1.807) is 54.6 Å². The SMILES string of the molecule is NC1=C(C(=O)Nc2ccc(Cl)cc2)C(=Nc2ccccc2)S[C@@H]1C(=O)Nc1cc(Cl)cc(Cl)c1. The number of nitrogens with one attached hydrogen (secondary N) is 2. The number of nitrogens with zero attached hydrogens (tertiary/aromatic N) is 1. The van der Waals surface area contributed by atoms with Crippen LogP contribution in [0.3, 0.4) is 0 Å². The number of para-hydroxylation sites is 1. The van der Waals surface area contributed by atoms with E-state index >= 15 is 0 Å². The summed E-state index contributed by atoms with van der Waals surface area (Å²) in [7, 11) is 0. The van der Waals surface area contributed by atoms with Gasteiger partial charge in [-0.3, -0.25) is 9.59 Å². The minimum atomic E-state index is -0.883. The number of halogens is 3. The van der Waals surface area contributed by atoms with Crippen LogP contribution in [0.15, 0.2) is 89.1 Å². The Labute approximate surface area is 215 Å².